The van der Waals surface area contributed by atoms with E-state index in [1.807, 2.05) is 60.7 Å². The van der Waals surface area contributed by atoms with E-state index >= 15 is 0 Å². The third-order valence-electron chi connectivity index (χ3n) is 5.91. The fraction of sp³-hybridized carbons (Fsp3) is 0.208. The monoisotopic (exact) mass is 455 g/mol. The molecule has 0 saturated carbocycles. The van der Waals surface area contributed by atoms with Crippen molar-refractivity contribution < 1.29 is 14.3 Å². The highest BCUT2D eigenvalue weighted by molar-refractivity contribution is 5.92. The van der Waals surface area contributed by atoms with Crippen molar-refractivity contribution in [1.82, 2.24) is 30.1 Å². The minimum atomic E-state index is -0.119. The molecule has 4 aromatic rings. The first-order chi connectivity index (χ1) is 16.7. The van der Waals surface area contributed by atoms with Crippen molar-refractivity contribution in [2.45, 2.75) is 0 Å². The first-order valence-corrected chi connectivity index (χ1v) is 11.0. The first-order valence-electron chi connectivity index (χ1n) is 11.0. The molecule has 0 radical (unpaired) electrons. The predicted molar refractivity (Wildman–Crippen MR) is 123 cm³/mol. The van der Waals surface area contributed by atoms with Gasteiger partial charge in [-0.25, -0.2) is 0 Å². The second kappa shape index (κ2) is 8.47. The number of para-hydroxylation sites is 1. The highest BCUT2D eigenvalue weighted by atomic mass is 16.7. The van der Waals surface area contributed by atoms with E-state index in [4.69, 9.17) is 9.47 Å². The van der Waals surface area contributed by atoms with E-state index in [-0.39, 0.29) is 12.7 Å². The normalized spacial score (nSPS) is 14.9. The minimum absolute atomic E-state index is 0.119. The molecular formula is C24H21N7O3. The van der Waals surface area contributed by atoms with Gasteiger partial charge in [-0.05, 0) is 42.5 Å². The number of carbonyl (C=O) groups excluding carboxylic acids is 1. The minimum Gasteiger partial charge on any atom is -0.454 e. The number of aromatic nitrogens is 5. The standard InChI is InChI=1S/C24H21N7O3/c32-24(20-15-25-31(28-20)18-4-2-1-3-5-18)30-12-10-29(11-13-30)23-9-7-19(26-27-23)17-6-8-21-22(14-17)34-16-33-21/h1-9,14-15H,10-13,16H2. The molecule has 1 fully saturated rings. The molecule has 2 aliphatic rings. The number of anilines is 1. The van der Waals surface area contributed by atoms with Crippen molar-refractivity contribution in [2.75, 3.05) is 37.9 Å². The predicted octanol–water partition coefficient (Wildman–Crippen LogP) is 2.42. The Morgan fingerprint density at radius 1 is 0.853 bits per heavy atom. The molecule has 0 N–H and O–H groups in total. The fourth-order valence-electron chi connectivity index (χ4n) is 4.05. The average Bonchev–Trinajstić information content (AvgIpc) is 3.59. The third-order valence-corrected chi connectivity index (χ3v) is 5.91. The molecule has 0 unspecified atom stereocenters. The van der Waals surface area contributed by atoms with E-state index in [1.165, 1.54) is 11.0 Å². The molecule has 10 heteroatoms. The van der Waals surface area contributed by atoms with Gasteiger partial charge in [0, 0.05) is 31.7 Å². The summed E-state index contributed by atoms with van der Waals surface area (Å²) in [5, 5.41) is 17.4. The van der Waals surface area contributed by atoms with Crippen LogP contribution in [0.3, 0.4) is 0 Å². The molecule has 170 valence electrons. The van der Waals surface area contributed by atoms with Gasteiger partial charge >= 0.3 is 0 Å². The van der Waals surface area contributed by atoms with Crippen LogP contribution >= 0.6 is 0 Å². The van der Waals surface area contributed by atoms with E-state index in [1.54, 1.807) is 4.90 Å². The Hall–Kier alpha value is -4.47. The second-order valence-corrected chi connectivity index (χ2v) is 7.98. The summed E-state index contributed by atoms with van der Waals surface area (Å²) in [5.74, 6) is 2.12. The Balaban J connectivity index is 1.09. The van der Waals surface area contributed by atoms with Crippen LogP contribution in [-0.2, 0) is 0 Å². The van der Waals surface area contributed by atoms with Gasteiger partial charge in [0.1, 0.15) is 0 Å². The summed E-state index contributed by atoms with van der Waals surface area (Å²) in [6, 6.07) is 19.1. The summed E-state index contributed by atoms with van der Waals surface area (Å²) in [6.07, 6.45) is 1.52. The molecule has 4 heterocycles. The number of rotatable bonds is 4. The topological polar surface area (TPSA) is 98.5 Å². The number of carbonyl (C=O) groups is 1. The van der Waals surface area contributed by atoms with Gasteiger partial charge in [-0.2, -0.15) is 9.90 Å². The number of hydrogen-bond donors (Lipinski definition) is 0. The molecule has 0 spiro atoms. The summed E-state index contributed by atoms with van der Waals surface area (Å²) in [5.41, 5.74) is 2.83. The highest BCUT2D eigenvalue weighted by Crippen LogP contribution is 2.35. The molecule has 34 heavy (non-hydrogen) atoms. The molecular weight excluding hydrogens is 434 g/mol. The van der Waals surface area contributed by atoms with E-state index in [0.29, 0.717) is 37.6 Å². The number of nitrogens with zero attached hydrogens (tertiary/aromatic N) is 7. The van der Waals surface area contributed by atoms with Gasteiger partial charge in [-0.3, -0.25) is 4.79 Å². The van der Waals surface area contributed by atoms with Crippen LogP contribution in [0.15, 0.2) is 66.9 Å². The highest BCUT2D eigenvalue weighted by Gasteiger charge is 2.25. The van der Waals surface area contributed by atoms with Crippen LogP contribution in [0.1, 0.15) is 10.5 Å². The number of ether oxygens (including phenoxy) is 2. The first kappa shape index (κ1) is 20.2. The quantitative estimate of drug-likeness (QED) is 0.463. The number of hydrogen-bond acceptors (Lipinski definition) is 8. The smallest absolute Gasteiger partial charge is 0.276 e. The van der Waals surface area contributed by atoms with E-state index in [9.17, 15) is 4.79 Å². The third kappa shape index (κ3) is 3.79. The number of benzene rings is 2. The van der Waals surface area contributed by atoms with Crippen LogP contribution in [0.4, 0.5) is 5.82 Å². The Morgan fingerprint density at radius 3 is 2.47 bits per heavy atom. The van der Waals surface area contributed by atoms with Crippen LogP contribution < -0.4 is 14.4 Å². The second-order valence-electron chi connectivity index (χ2n) is 7.98. The van der Waals surface area contributed by atoms with Crippen LogP contribution in [0.25, 0.3) is 16.9 Å². The van der Waals surface area contributed by atoms with Crippen molar-refractivity contribution in [2.24, 2.45) is 0 Å². The van der Waals surface area contributed by atoms with Gasteiger partial charge in [0.2, 0.25) is 6.79 Å². The molecule has 2 aromatic heterocycles. The maximum atomic E-state index is 12.9. The van der Waals surface area contributed by atoms with Gasteiger partial charge in [-0.1, -0.05) is 18.2 Å². The zero-order chi connectivity index (χ0) is 22.9. The van der Waals surface area contributed by atoms with Crippen LogP contribution in [0.5, 0.6) is 11.5 Å². The maximum Gasteiger partial charge on any atom is 0.276 e. The summed E-state index contributed by atoms with van der Waals surface area (Å²) < 4.78 is 10.8. The van der Waals surface area contributed by atoms with E-state index in [2.05, 4.69) is 25.3 Å². The average molecular weight is 455 g/mol. The zero-order valence-corrected chi connectivity index (χ0v) is 18.2. The van der Waals surface area contributed by atoms with Gasteiger partial charge in [-0.15, -0.1) is 15.3 Å². The summed E-state index contributed by atoms with van der Waals surface area (Å²) >= 11 is 0. The van der Waals surface area contributed by atoms with E-state index < -0.39 is 0 Å². The van der Waals surface area contributed by atoms with Crippen LogP contribution in [-0.4, -0.2) is 69.0 Å². The van der Waals surface area contributed by atoms with Gasteiger partial charge < -0.3 is 19.3 Å². The van der Waals surface area contributed by atoms with Crippen molar-refractivity contribution >= 4 is 11.7 Å². The van der Waals surface area contributed by atoms with Gasteiger partial charge in [0.05, 0.1) is 17.6 Å². The Morgan fingerprint density at radius 2 is 1.68 bits per heavy atom. The summed E-state index contributed by atoms with van der Waals surface area (Å²) in [6.45, 7) is 2.71. The molecule has 10 nitrogen and oxygen atoms in total. The molecule has 6 rings (SSSR count). The SMILES string of the molecule is O=C(c1cnn(-c2ccccc2)n1)N1CCN(c2ccc(-c3ccc4c(c3)OCO4)nn2)CC1. The zero-order valence-electron chi connectivity index (χ0n) is 18.2. The molecule has 0 atom stereocenters. The molecule has 1 amide bonds. The van der Waals surface area contributed by atoms with Crippen molar-refractivity contribution in [3.8, 4) is 28.4 Å². The summed E-state index contributed by atoms with van der Waals surface area (Å²) in [4.78, 5) is 18.3. The lowest BCUT2D eigenvalue weighted by Gasteiger charge is -2.34. The van der Waals surface area contributed by atoms with Crippen LogP contribution in [0.2, 0.25) is 0 Å². The largest absolute Gasteiger partial charge is 0.454 e. The molecule has 0 bridgehead atoms. The van der Waals surface area contributed by atoms with Crippen LogP contribution in [0, 0.1) is 0 Å². The Labute approximate surface area is 195 Å². The maximum absolute atomic E-state index is 12.9. The van der Waals surface area contributed by atoms with Gasteiger partial charge in [0.25, 0.3) is 5.91 Å². The lowest BCUT2D eigenvalue weighted by atomic mass is 10.1. The lowest BCUT2D eigenvalue weighted by Crippen LogP contribution is -2.49. The van der Waals surface area contributed by atoms with Gasteiger partial charge in [0.15, 0.2) is 23.0 Å². The van der Waals surface area contributed by atoms with Crippen molar-refractivity contribution in [3.05, 3.63) is 72.6 Å². The Bertz CT molecular complexity index is 1320. The van der Waals surface area contributed by atoms with E-state index in [0.717, 1.165) is 28.5 Å². The number of fused-ring (bicyclic) bond motifs is 1. The number of amides is 1. The van der Waals surface area contributed by atoms with Crippen molar-refractivity contribution in [3.63, 3.8) is 0 Å². The lowest BCUT2D eigenvalue weighted by molar-refractivity contribution is 0.0740. The molecule has 1 saturated heterocycles. The molecule has 2 aromatic carbocycles. The molecule has 0 aliphatic carbocycles. The van der Waals surface area contributed by atoms with Crippen molar-refractivity contribution in [1.29, 1.82) is 0 Å². The summed E-state index contributed by atoms with van der Waals surface area (Å²) in [7, 11) is 0. The fourth-order valence-corrected chi connectivity index (χ4v) is 4.05. The Kier molecular flexibility index (Phi) is 5.02. The number of piperazine rings is 1. The molecule has 2 aliphatic heterocycles.